The summed E-state index contributed by atoms with van der Waals surface area (Å²) in [4.78, 5) is 0. The van der Waals surface area contributed by atoms with Crippen molar-refractivity contribution >= 4 is 0 Å². The van der Waals surface area contributed by atoms with Crippen LogP contribution in [0.1, 0.15) is 51.1 Å². The molecule has 4 aliphatic carbocycles. The highest BCUT2D eigenvalue weighted by atomic mass is 15.2. The molecule has 0 saturated heterocycles. The van der Waals surface area contributed by atoms with Crippen molar-refractivity contribution in [2.24, 2.45) is 30.2 Å². The Bertz CT molecular complexity index is 469. The van der Waals surface area contributed by atoms with Gasteiger partial charge in [0.15, 0.2) is 0 Å². The fourth-order valence-electron chi connectivity index (χ4n) is 5.94. The first-order chi connectivity index (χ1) is 10.1. The van der Waals surface area contributed by atoms with Gasteiger partial charge in [0.25, 0.3) is 0 Å². The van der Waals surface area contributed by atoms with Gasteiger partial charge in [0.1, 0.15) is 0 Å². The molecule has 0 aromatic carbocycles. The maximum atomic E-state index is 4.48. The van der Waals surface area contributed by atoms with Crippen LogP contribution < -0.4 is 5.32 Å². The molecule has 4 fully saturated rings. The predicted octanol–water partition coefficient (Wildman–Crippen LogP) is 3.16. The van der Waals surface area contributed by atoms with Crippen molar-refractivity contribution in [2.45, 2.75) is 57.9 Å². The van der Waals surface area contributed by atoms with Crippen molar-refractivity contribution in [3.05, 3.63) is 18.0 Å². The molecule has 0 aliphatic heterocycles. The standard InChI is InChI=1S/C18H29N3/c1-13(19-5-3-17-4-6-21(2)20-17)18-10-14-7-15(11-18)9-16(8-14)12-18/h4,6,13-16,19H,3,5,7-12H2,1-2H3. The van der Waals surface area contributed by atoms with Crippen LogP contribution in [-0.2, 0) is 13.5 Å². The Morgan fingerprint density at radius 1 is 1.24 bits per heavy atom. The van der Waals surface area contributed by atoms with Crippen LogP contribution in [0.2, 0.25) is 0 Å². The summed E-state index contributed by atoms with van der Waals surface area (Å²) in [5.74, 6) is 3.16. The van der Waals surface area contributed by atoms with Gasteiger partial charge in [-0.05, 0) is 74.7 Å². The number of rotatable bonds is 5. The molecule has 116 valence electrons. The van der Waals surface area contributed by atoms with Crippen LogP contribution in [0.5, 0.6) is 0 Å². The van der Waals surface area contributed by atoms with E-state index in [1.54, 1.807) is 19.3 Å². The third kappa shape index (κ3) is 2.54. The summed E-state index contributed by atoms with van der Waals surface area (Å²) in [6, 6.07) is 2.81. The number of aryl methyl sites for hydroxylation is 1. The topological polar surface area (TPSA) is 29.9 Å². The Morgan fingerprint density at radius 2 is 1.86 bits per heavy atom. The molecule has 1 heterocycles. The number of hydrogen-bond donors (Lipinski definition) is 1. The van der Waals surface area contributed by atoms with Gasteiger partial charge < -0.3 is 5.32 Å². The summed E-state index contributed by atoms with van der Waals surface area (Å²) < 4.78 is 1.90. The van der Waals surface area contributed by atoms with Crippen LogP contribution >= 0.6 is 0 Å². The molecule has 1 atom stereocenters. The second-order valence-electron chi connectivity index (χ2n) is 8.19. The van der Waals surface area contributed by atoms with E-state index in [-0.39, 0.29) is 0 Å². The fraction of sp³-hybridized carbons (Fsp3) is 0.833. The second-order valence-corrected chi connectivity index (χ2v) is 8.19. The monoisotopic (exact) mass is 287 g/mol. The molecule has 5 rings (SSSR count). The summed E-state index contributed by atoms with van der Waals surface area (Å²) in [6.45, 7) is 3.52. The Kier molecular flexibility index (Phi) is 3.36. The highest BCUT2D eigenvalue weighted by molar-refractivity contribution is 5.05. The molecule has 1 unspecified atom stereocenters. The molecule has 4 bridgehead atoms. The zero-order valence-corrected chi connectivity index (χ0v) is 13.5. The van der Waals surface area contributed by atoms with Gasteiger partial charge in [0, 0.05) is 32.3 Å². The van der Waals surface area contributed by atoms with Crippen molar-refractivity contribution in [3.63, 3.8) is 0 Å². The average molecular weight is 287 g/mol. The maximum Gasteiger partial charge on any atom is 0.0637 e. The quantitative estimate of drug-likeness (QED) is 0.901. The first kappa shape index (κ1) is 13.8. The molecule has 1 aromatic rings. The van der Waals surface area contributed by atoms with Crippen molar-refractivity contribution in [1.82, 2.24) is 15.1 Å². The SMILES string of the molecule is CC(NCCc1ccn(C)n1)C12CC3CC(CC(C3)C1)C2. The zero-order chi connectivity index (χ0) is 14.4. The lowest BCUT2D eigenvalue weighted by Gasteiger charge is -2.59. The number of nitrogens with zero attached hydrogens (tertiary/aromatic N) is 2. The Balaban J connectivity index is 1.35. The molecule has 4 saturated carbocycles. The van der Waals surface area contributed by atoms with Crippen molar-refractivity contribution < 1.29 is 0 Å². The normalized spacial score (nSPS) is 38.9. The second kappa shape index (κ2) is 5.12. The summed E-state index contributed by atoms with van der Waals surface area (Å²) in [6.07, 6.45) is 12.2. The van der Waals surface area contributed by atoms with Gasteiger partial charge in [-0.2, -0.15) is 5.10 Å². The van der Waals surface area contributed by atoms with Gasteiger partial charge in [-0.1, -0.05) is 0 Å². The van der Waals surface area contributed by atoms with Crippen molar-refractivity contribution in [3.8, 4) is 0 Å². The van der Waals surface area contributed by atoms with Gasteiger partial charge >= 0.3 is 0 Å². The van der Waals surface area contributed by atoms with Gasteiger partial charge in [0.2, 0.25) is 0 Å². The summed E-state index contributed by atoms with van der Waals surface area (Å²) in [5, 5.41) is 8.32. The van der Waals surface area contributed by atoms with Crippen molar-refractivity contribution in [2.75, 3.05) is 6.54 Å². The van der Waals surface area contributed by atoms with E-state index in [0.29, 0.717) is 11.5 Å². The minimum absolute atomic E-state index is 0.624. The van der Waals surface area contributed by atoms with E-state index in [1.165, 1.54) is 25.0 Å². The number of nitrogens with one attached hydrogen (secondary N) is 1. The van der Waals surface area contributed by atoms with Gasteiger partial charge in [-0.3, -0.25) is 4.68 Å². The third-order valence-electron chi connectivity index (χ3n) is 6.60. The minimum atomic E-state index is 0.624. The minimum Gasteiger partial charge on any atom is -0.313 e. The Hall–Kier alpha value is -0.830. The maximum absolute atomic E-state index is 4.48. The molecule has 1 N–H and O–H groups in total. The molecule has 0 amide bonds. The molecule has 21 heavy (non-hydrogen) atoms. The number of aromatic nitrogens is 2. The van der Waals surface area contributed by atoms with Crippen LogP contribution in [0.15, 0.2) is 12.3 Å². The van der Waals surface area contributed by atoms with Gasteiger partial charge in [-0.25, -0.2) is 0 Å². The predicted molar refractivity (Wildman–Crippen MR) is 85.0 cm³/mol. The van der Waals surface area contributed by atoms with E-state index in [9.17, 15) is 0 Å². The first-order valence-electron chi connectivity index (χ1n) is 8.85. The fourth-order valence-corrected chi connectivity index (χ4v) is 5.94. The van der Waals surface area contributed by atoms with Crippen LogP contribution in [0.3, 0.4) is 0 Å². The molecule has 3 heteroatoms. The molecule has 0 spiro atoms. The first-order valence-corrected chi connectivity index (χ1v) is 8.85. The van der Waals surface area contributed by atoms with E-state index in [4.69, 9.17) is 0 Å². The van der Waals surface area contributed by atoms with Crippen LogP contribution in [0.4, 0.5) is 0 Å². The third-order valence-corrected chi connectivity index (χ3v) is 6.60. The van der Waals surface area contributed by atoms with Crippen LogP contribution in [-0.4, -0.2) is 22.4 Å². The molecule has 3 nitrogen and oxygen atoms in total. The Morgan fingerprint density at radius 3 is 2.38 bits per heavy atom. The lowest BCUT2D eigenvalue weighted by atomic mass is 9.48. The summed E-state index contributed by atoms with van der Waals surface area (Å²) in [7, 11) is 2.00. The number of hydrogen-bond acceptors (Lipinski definition) is 2. The van der Waals surface area contributed by atoms with E-state index in [1.807, 2.05) is 17.9 Å². The average Bonchev–Trinajstić information content (AvgIpc) is 2.83. The molecule has 1 aromatic heterocycles. The highest BCUT2D eigenvalue weighted by Gasteiger charge is 2.52. The van der Waals surface area contributed by atoms with E-state index >= 15 is 0 Å². The Labute approximate surface area is 128 Å². The van der Waals surface area contributed by atoms with Crippen LogP contribution in [0, 0.1) is 23.2 Å². The zero-order valence-electron chi connectivity index (χ0n) is 13.5. The van der Waals surface area contributed by atoms with E-state index in [0.717, 1.165) is 30.7 Å². The lowest BCUT2D eigenvalue weighted by molar-refractivity contribution is -0.0702. The molecule has 0 radical (unpaired) electrons. The largest absolute Gasteiger partial charge is 0.313 e. The summed E-state index contributed by atoms with van der Waals surface area (Å²) in [5.41, 5.74) is 1.83. The van der Waals surface area contributed by atoms with E-state index in [2.05, 4.69) is 23.4 Å². The lowest BCUT2D eigenvalue weighted by Crippen LogP contribution is -2.55. The molecular weight excluding hydrogens is 258 g/mol. The van der Waals surface area contributed by atoms with Gasteiger partial charge in [-0.15, -0.1) is 0 Å². The molecule has 4 aliphatic rings. The highest BCUT2D eigenvalue weighted by Crippen LogP contribution is 2.61. The smallest absolute Gasteiger partial charge is 0.0637 e. The summed E-state index contributed by atoms with van der Waals surface area (Å²) >= 11 is 0. The van der Waals surface area contributed by atoms with Crippen LogP contribution in [0.25, 0.3) is 0 Å². The van der Waals surface area contributed by atoms with Gasteiger partial charge in [0.05, 0.1) is 5.69 Å². The molecular formula is C18H29N3. The van der Waals surface area contributed by atoms with E-state index < -0.39 is 0 Å². The van der Waals surface area contributed by atoms with Crippen molar-refractivity contribution in [1.29, 1.82) is 0 Å².